The number of nitrogens with zero attached hydrogens (tertiary/aromatic N) is 2. The van der Waals surface area contributed by atoms with Gasteiger partial charge in [0.2, 0.25) is 35.4 Å². The molecule has 46 heavy (non-hydrogen) atoms. The van der Waals surface area contributed by atoms with E-state index in [9.17, 15) is 38.7 Å². The van der Waals surface area contributed by atoms with Crippen molar-refractivity contribution in [3.05, 3.63) is 35.9 Å². The van der Waals surface area contributed by atoms with Gasteiger partial charge >= 0.3 is 5.97 Å². The molecule has 252 valence electrons. The maximum absolute atomic E-state index is 13.7. The Morgan fingerprint density at radius 1 is 1.07 bits per heavy atom. The minimum atomic E-state index is -1.63. The molecule has 6 amide bonds. The monoisotopic (exact) mass is 681 g/mol. The first-order valence-electron chi connectivity index (χ1n) is 14.0. The van der Waals surface area contributed by atoms with Gasteiger partial charge in [-0.15, -0.1) is 0 Å². The molecular weight excluding hydrogens is 642 g/mol. The highest BCUT2D eigenvalue weighted by atomic mass is 33.1. The number of rotatable bonds is 9. The SMILES string of the molecule is CC(=O)N[C@H]1CSS[C@@H](c2ccccc2)[C@@H](C(N)=O)NC(=O)[C@H](CC(=O)O)NC(=O)CNC(=O)[C@H](CCCN=C(N)N)N(C)C1=O. The predicted octanol–water partition coefficient (Wildman–Crippen LogP) is -2.45. The number of guanidine groups is 1. The van der Waals surface area contributed by atoms with E-state index < -0.39 is 83.8 Å². The van der Waals surface area contributed by atoms with Crippen molar-refractivity contribution in [2.24, 2.45) is 22.2 Å². The van der Waals surface area contributed by atoms with E-state index in [1.807, 2.05) is 0 Å². The van der Waals surface area contributed by atoms with Gasteiger partial charge in [-0.25, -0.2) is 0 Å². The van der Waals surface area contributed by atoms with E-state index in [0.717, 1.165) is 26.5 Å². The van der Waals surface area contributed by atoms with E-state index in [2.05, 4.69) is 26.3 Å². The third-order valence-corrected chi connectivity index (χ3v) is 9.41. The summed E-state index contributed by atoms with van der Waals surface area (Å²) >= 11 is 0. The molecule has 0 unspecified atom stereocenters. The molecule has 1 aromatic rings. The largest absolute Gasteiger partial charge is 0.481 e. The Balaban J connectivity index is 2.55. The minimum Gasteiger partial charge on any atom is -0.481 e. The van der Waals surface area contributed by atoms with Gasteiger partial charge in [-0.05, 0) is 18.4 Å². The summed E-state index contributed by atoms with van der Waals surface area (Å²) in [7, 11) is 3.55. The van der Waals surface area contributed by atoms with Gasteiger partial charge in [-0.2, -0.15) is 0 Å². The summed E-state index contributed by atoms with van der Waals surface area (Å²) in [5.74, 6) is -6.32. The number of likely N-dealkylation sites (N-methyl/N-ethyl adjacent to an activating group) is 1. The molecule has 0 bridgehead atoms. The lowest BCUT2D eigenvalue weighted by Gasteiger charge is -2.31. The summed E-state index contributed by atoms with van der Waals surface area (Å²) in [5.41, 5.74) is 17.0. The summed E-state index contributed by atoms with van der Waals surface area (Å²) in [6, 6.07) is 3.25. The van der Waals surface area contributed by atoms with Gasteiger partial charge in [0.05, 0.1) is 18.2 Å². The first kappa shape index (κ1) is 37.7. The number of hydrogen-bond donors (Lipinski definition) is 8. The van der Waals surface area contributed by atoms with E-state index in [1.165, 1.54) is 14.0 Å². The lowest BCUT2D eigenvalue weighted by molar-refractivity contribution is -0.142. The normalized spacial score (nSPS) is 23.6. The van der Waals surface area contributed by atoms with Crippen LogP contribution in [-0.2, 0) is 33.6 Å². The molecule has 2 rings (SSSR count). The molecule has 0 aliphatic carbocycles. The number of carbonyl (C=O) groups is 7. The number of aliphatic imine (C=N–C) groups is 1. The molecule has 1 aliphatic heterocycles. The lowest BCUT2D eigenvalue weighted by Crippen LogP contribution is -2.57. The highest BCUT2D eigenvalue weighted by Gasteiger charge is 2.36. The van der Waals surface area contributed by atoms with E-state index in [4.69, 9.17) is 17.2 Å². The topological polar surface area (TPSA) is 282 Å². The second kappa shape index (κ2) is 18.4. The number of nitrogens with two attached hydrogens (primary N) is 3. The average Bonchev–Trinajstić information content (AvgIpc) is 2.98. The van der Waals surface area contributed by atoms with Crippen LogP contribution in [0.25, 0.3) is 0 Å². The van der Waals surface area contributed by atoms with Crippen molar-refractivity contribution in [3.63, 3.8) is 0 Å². The van der Waals surface area contributed by atoms with Crippen molar-refractivity contribution < 1.29 is 38.7 Å². The van der Waals surface area contributed by atoms with Crippen LogP contribution in [0.1, 0.15) is 37.0 Å². The third kappa shape index (κ3) is 12.1. The van der Waals surface area contributed by atoms with Gasteiger partial charge in [0.1, 0.15) is 24.2 Å². The van der Waals surface area contributed by atoms with Crippen LogP contribution in [0, 0.1) is 0 Å². The van der Waals surface area contributed by atoms with Gasteiger partial charge in [0, 0.05) is 26.3 Å². The van der Waals surface area contributed by atoms with Crippen LogP contribution in [0.3, 0.4) is 0 Å². The quantitative estimate of drug-likeness (QED) is 0.0584. The number of nitrogens with one attached hydrogen (secondary N) is 4. The number of primary amides is 1. The standard InChI is InChI=1S/C27H39N9O8S2/c1-14(37)33-17-13-45-46-22(15-7-4-3-5-8-15)21(23(28)41)35-24(42)16(11-20(39)40)34-19(38)12-32-25(43)18(36(2)26(17)44)9-6-10-31-27(29)30/h3-5,7-8,16-18,21-22H,6,9-13H2,1-2H3,(H2,28,41)(H,32,43)(H,33,37)(H,34,38)(H,35,42)(H,39,40)(H4,29,30,31)/t16-,17-,18-,21-,22-/m0/s1. The van der Waals surface area contributed by atoms with E-state index in [0.29, 0.717) is 5.56 Å². The molecule has 0 saturated carbocycles. The van der Waals surface area contributed by atoms with Crippen molar-refractivity contribution in [3.8, 4) is 0 Å². The molecule has 19 heteroatoms. The maximum Gasteiger partial charge on any atom is 0.305 e. The number of hydrogen-bond acceptors (Lipinski definition) is 10. The minimum absolute atomic E-state index is 0.0276. The number of carboxylic acid groups (broad SMARTS) is 1. The molecule has 5 atom stereocenters. The molecule has 0 radical (unpaired) electrons. The van der Waals surface area contributed by atoms with Crippen LogP contribution in [0.5, 0.6) is 0 Å². The molecule has 1 aliphatic rings. The molecule has 0 spiro atoms. The van der Waals surface area contributed by atoms with Crippen LogP contribution in [0.15, 0.2) is 35.3 Å². The molecule has 11 N–H and O–H groups in total. The Morgan fingerprint density at radius 3 is 2.33 bits per heavy atom. The molecule has 1 fully saturated rings. The zero-order valence-electron chi connectivity index (χ0n) is 25.3. The van der Waals surface area contributed by atoms with Crippen molar-refractivity contribution in [1.29, 1.82) is 0 Å². The fourth-order valence-corrected chi connectivity index (χ4v) is 7.32. The van der Waals surface area contributed by atoms with E-state index in [1.54, 1.807) is 30.3 Å². The first-order chi connectivity index (χ1) is 21.7. The summed E-state index contributed by atoms with van der Waals surface area (Å²) in [4.78, 5) is 94.4. The summed E-state index contributed by atoms with van der Waals surface area (Å²) in [5, 5.41) is 18.3. The van der Waals surface area contributed by atoms with Crippen molar-refractivity contribution >= 4 is 69.0 Å². The third-order valence-electron chi connectivity index (χ3n) is 6.62. The van der Waals surface area contributed by atoms with Crippen LogP contribution in [-0.4, -0.2) is 107 Å². The maximum atomic E-state index is 13.7. The van der Waals surface area contributed by atoms with Gasteiger partial charge in [-0.1, -0.05) is 51.9 Å². The average molecular weight is 682 g/mol. The lowest BCUT2D eigenvalue weighted by atomic mass is 10.0. The van der Waals surface area contributed by atoms with Gasteiger partial charge in [-0.3, -0.25) is 38.6 Å². The summed E-state index contributed by atoms with van der Waals surface area (Å²) in [6.45, 7) is 0.691. The predicted molar refractivity (Wildman–Crippen MR) is 172 cm³/mol. The van der Waals surface area contributed by atoms with Crippen molar-refractivity contribution in [2.45, 2.75) is 55.6 Å². The number of aliphatic carboxylic acids is 1. The highest BCUT2D eigenvalue weighted by Crippen LogP contribution is 2.41. The molecule has 1 aromatic carbocycles. The Labute approximate surface area is 273 Å². The molecule has 17 nitrogen and oxygen atoms in total. The second-order valence-corrected chi connectivity index (χ2v) is 12.8. The zero-order valence-corrected chi connectivity index (χ0v) is 26.9. The first-order valence-corrected chi connectivity index (χ1v) is 16.4. The second-order valence-electron chi connectivity index (χ2n) is 10.2. The zero-order chi connectivity index (χ0) is 34.4. The summed E-state index contributed by atoms with van der Waals surface area (Å²) in [6.07, 6.45) is -0.497. The van der Waals surface area contributed by atoms with E-state index in [-0.39, 0.29) is 31.1 Å². The van der Waals surface area contributed by atoms with Gasteiger partial charge < -0.3 is 48.5 Å². The fraction of sp³-hybridized carbons (Fsp3) is 0.481. The Morgan fingerprint density at radius 2 is 1.74 bits per heavy atom. The van der Waals surface area contributed by atoms with Crippen LogP contribution < -0.4 is 38.5 Å². The molecular formula is C27H39N9O8S2. The van der Waals surface area contributed by atoms with Gasteiger partial charge in [0.15, 0.2) is 5.96 Å². The number of carbonyl (C=O) groups excluding carboxylic acids is 6. The van der Waals surface area contributed by atoms with Crippen molar-refractivity contribution in [1.82, 2.24) is 26.2 Å². The van der Waals surface area contributed by atoms with Crippen LogP contribution in [0.2, 0.25) is 0 Å². The molecule has 1 saturated heterocycles. The number of amides is 6. The number of benzene rings is 1. The fourth-order valence-electron chi connectivity index (χ4n) is 4.40. The Kier molecular flexibility index (Phi) is 15.1. The summed E-state index contributed by atoms with van der Waals surface area (Å²) < 4.78 is 0. The Hall–Kier alpha value is -4.52. The highest BCUT2D eigenvalue weighted by molar-refractivity contribution is 8.76. The smallest absolute Gasteiger partial charge is 0.305 e. The molecule has 0 aromatic heterocycles. The van der Waals surface area contributed by atoms with Gasteiger partial charge in [0.25, 0.3) is 0 Å². The van der Waals surface area contributed by atoms with E-state index >= 15 is 0 Å². The Bertz CT molecular complexity index is 1310. The van der Waals surface area contributed by atoms with Crippen LogP contribution in [0.4, 0.5) is 0 Å². The van der Waals surface area contributed by atoms with Crippen LogP contribution >= 0.6 is 21.6 Å². The number of carboxylic acids is 1. The van der Waals surface area contributed by atoms with Crippen molar-refractivity contribution in [2.75, 3.05) is 25.9 Å². The molecule has 1 heterocycles.